The van der Waals surface area contributed by atoms with Crippen LogP contribution in [0.15, 0.2) is 18.2 Å². The highest BCUT2D eigenvalue weighted by Crippen LogP contribution is 2.22. The average Bonchev–Trinajstić information content (AvgIpc) is 2.28. The lowest BCUT2D eigenvalue weighted by Crippen LogP contribution is -2.24. The van der Waals surface area contributed by atoms with Crippen LogP contribution < -0.4 is 10.6 Å². The Labute approximate surface area is 102 Å². The second kappa shape index (κ2) is 5.65. The quantitative estimate of drug-likeness (QED) is 0.872. The molecule has 2 N–H and O–H groups in total. The van der Waals surface area contributed by atoms with Crippen molar-refractivity contribution >= 4 is 5.69 Å². The van der Waals surface area contributed by atoms with E-state index in [9.17, 15) is 4.39 Å². The van der Waals surface area contributed by atoms with E-state index in [0.717, 1.165) is 5.56 Å². The molecule has 0 fully saturated rings. The standard InChI is InChI=1S/C13H18FN3/c1-9(7-15)8-17(3)13-5-4-11(10(2)16)6-12(13)14/h4-6,9-10H,8,16H2,1-3H3/t9?,10-/m0/s1. The van der Waals surface area contributed by atoms with Crippen molar-refractivity contribution in [2.75, 3.05) is 18.5 Å². The summed E-state index contributed by atoms with van der Waals surface area (Å²) in [6.07, 6.45) is 0. The van der Waals surface area contributed by atoms with Crippen molar-refractivity contribution in [3.05, 3.63) is 29.6 Å². The van der Waals surface area contributed by atoms with Crippen molar-refractivity contribution in [2.24, 2.45) is 11.7 Å². The molecule has 1 unspecified atom stereocenters. The fourth-order valence-corrected chi connectivity index (χ4v) is 1.67. The van der Waals surface area contributed by atoms with Gasteiger partial charge in [0.05, 0.1) is 17.7 Å². The highest BCUT2D eigenvalue weighted by Gasteiger charge is 2.12. The summed E-state index contributed by atoms with van der Waals surface area (Å²) in [5, 5.41) is 8.73. The summed E-state index contributed by atoms with van der Waals surface area (Å²) < 4.78 is 13.8. The molecule has 1 aromatic carbocycles. The van der Waals surface area contributed by atoms with Gasteiger partial charge in [-0.05, 0) is 31.5 Å². The molecule has 0 heterocycles. The van der Waals surface area contributed by atoms with Crippen LogP contribution in [0, 0.1) is 23.1 Å². The molecule has 17 heavy (non-hydrogen) atoms. The number of nitriles is 1. The van der Waals surface area contributed by atoms with Gasteiger partial charge in [-0.15, -0.1) is 0 Å². The van der Waals surface area contributed by atoms with E-state index in [0.29, 0.717) is 12.2 Å². The summed E-state index contributed by atoms with van der Waals surface area (Å²) in [7, 11) is 1.78. The summed E-state index contributed by atoms with van der Waals surface area (Å²) in [5.41, 5.74) is 6.96. The fraction of sp³-hybridized carbons (Fsp3) is 0.462. The Hall–Kier alpha value is -1.60. The van der Waals surface area contributed by atoms with Gasteiger partial charge in [-0.1, -0.05) is 6.07 Å². The van der Waals surface area contributed by atoms with Crippen LogP contribution in [0.25, 0.3) is 0 Å². The van der Waals surface area contributed by atoms with Crippen molar-refractivity contribution in [1.29, 1.82) is 5.26 Å². The van der Waals surface area contributed by atoms with Crippen molar-refractivity contribution in [3.63, 3.8) is 0 Å². The first-order valence-corrected chi connectivity index (χ1v) is 5.61. The van der Waals surface area contributed by atoms with Crippen LogP contribution >= 0.6 is 0 Å². The summed E-state index contributed by atoms with van der Waals surface area (Å²) in [5.74, 6) is -0.431. The zero-order valence-corrected chi connectivity index (χ0v) is 10.4. The van der Waals surface area contributed by atoms with Crippen LogP contribution in [0.5, 0.6) is 0 Å². The zero-order chi connectivity index (χ0) is 13.0. The minimum Gasteiger partial charge on any atom is -0.371 e. The Morgan fingerprint density at radius 3 is 2.59 bits per heavy atom. The highest BCUT2D eigenvalue weighted by atomic mass is 19.1. The molecule has 0 saturated heterocycles. The second-order valence-electron chi connectivity index (χ2n) is 4.41. The predicted molar refractivity (Wildman–Crippen MR) is 67.0 cm³/mol. The maximum atomic E-state index is 13.8. The summed E-state index contributed by atoms with van der Waals surface area (Å²) in [6.45, 7) is 4.13. The smallest absolute Gasteiger partial charge is 0.146 e. The van der Waals surface area contributed by atoms with E-state index in [1.807, 2.05) is 19.9 Å². The molecule has 0 aromatic heterocycles. The van der Waals surface area contributed by atoms with Gasteiger partial charge >= 0.3 is 0 Å². The number of anilines is 1. The maximum absolute atomic E-state index is 13.8. The third-order valence-electron chi connectivity index (χ3n) is 2.68. The van der Waals surface area contributed by atoms with Crippen molar-refractivity contribution in [2.45, 2.75) is 19.9 Å². The van der Waals surface area contributed by atoms with E-state index in [1.165, 1.54) is 6.07 Å². The molecule has 0 spiro atoms. The van der Waals surface area contributed by atoms with E-state index in [1.54, 1.807) is 18.0 Å². The van der Waals surface area contributed by atoms with Crippen molar-refractivity contribution < 1.29 is 4.39 Å². The second-order valence-corrected chi connectivity index (χ2v) is 4.41. The van der Waals surface area contributed by atoms with Gasteiger partial charge in [-0.25, -0.2) is 4.39 Å². The summed E-state index contributed by atoms with van der Waals surface area (Å²) in [6, 6.07) is 6.93. The molecule has 0 radical (unpaired) electrons. The molecule has 0 aliphatic rings. The molecule has 0 aliphatic carbocycles. The topological polar surface area (TPSA) is 53.0 Å². The summed E-state index contributed by atoms with van der Waals surface area (Å²) in [4.78, 5) is 1.74. The first-order valence-electron chi connectivity index (χ1n) is 5.61. The van der Waals surface area contributed by atoms with E-state index >= 15 is 0 Å². The van der Waals surface area contributed by atoms with E-state index < -0.39 is 0 Å². The number of hydrogen-bond acceptors (Lipinski definition) is 3. The van der Waals surface area contributed by atoms with E-state index in [2.05, 4.69) is 6.07 Å². The van der Waals surface area contributed by atoms with Crippen LogP contribution in [0.4, 0.5) is 10.1 Å². The summed E-state index contributed by atoms with van der Waals surface area (Å²) >= 11 is 0. The molecule has 0 amide bonds. The monoisotopic (exact) mass is 235 g/mol. The van der Waals surface area contributed by atoms with Crippen LogP contribution in [-0.4, -0.2) is 13.6 Å². The number of halogens is 1. The van der Waals surface area contributed by atoms with Gasteiger partial charge in [0.15, 0.2) is 0 Å². The predicted octanol–water partition coefficient (Wildman–Crippen LogP) is 2.44. The lowest BCUT2D eigenvalue weighted by Gasteiger charge is -2.21. The number of rotatable bonds is 4. The van der Waals surface area contributed by atoms with E-state index in [4.69, 9.17) is 11.0 Å². The SMILES string of the molecule is CC(C#N)CN(C)c1ccc([C@H](C)N)cc1F. The highest BCUT2D eigenvalue weighted by molar-refractivity contribution is 5.49. The van der Waals surface area contributed by atoms with Gasteiger partial charge in [0, 0.05) is 19.6 Å². The van der Waals surface area contributed by atoms with Gasteiger partial charge in [-0.2, -0.15) is 5.26 Å². The van der Waals surface area contributed by atoms with Crippen molar-refractivity contribution in [3.8, 4) is 6.07 Å². The molecule has 92 valence electrons. The molecule has 0 saturated carbocycles. The van der Waals surface area contributed by atoms with Crippen LogP contribution in [0.3, 0.4) is 0 Å². The Morgan fingerprint density at radius 2 is 2.12 bits per heavy atom. The number of benzene rings is 1. The largest absolute Gasteiger partial charge is 0.371 e. The molecule has 3 nitrogen and oxygen atoms in total. The maximum Gasteiger partial charge on any atom is 0.146 e. The van der Waals surface area contributed by atoms with Gasteiger partial charge in [0.25, 0.3) is 0 Å². The molecule has 4 heteroatoms. The fourth-order valence-electron chi connectivity index (χ4n) is 1.67. The first kappa shape index (κ1) is 13.5. The van der Waals surface area contributed by atoms with Gasteiger partial charge < -0.3 is 10.6 Å². The normalized spacial score (nSPS) is 13.9. The Balaban J connectivity index is 2.89. The van der Waals surface area contributed by atoms with E-state index in [-0.39, 0.29) is 17.8 Å². The van der Waals surface area contributed by atoms with Gasteiger partial charge in [-0.3, -0.25) is 0 Å². The van der Waals surface area contributed by atoms with Crippen molar-refractivity contribution in [1.82, 2.24) is 0 Å². The molecule has 0 aliphatic heterocycles. The van der Waals surface area contributed by atoms with Gasteiger partial charge in [0.2, 0.25) is 0 Å². The third kappa shape index (κ3) is 3.43. The zero-order valence-electron chi connectivity index (χ0n) is 10.4. The lowest BCUT2D eigenvalue weighted by molar-refractivity contribution is 0.610. The Kier molecular flexibility index (Phi) is 4.47. The van der Waals surface area contributed by atoms with Crippen LogP contribution in [0.2, 0.25) is 0 Å². The Morgan fingerprint density at radius 1 is 1.47 bits per heavy atom. The van der Waals surface area contributed by atoms with Gasteiger partial charge in [0.1, 0.15) is 5.82 Å². The minimum atomic E-state index is -0.299. The molecule has 0 bridgehead atoms. The molecule has 2 atom stereocenters. The molecular weight excluding hydrogens is 217 g/mol. The number of nitrogens with zero attached hydrogens (tertiary/aromatic N) is 2. The molecule has 1 aromatic rings. The first-order chi connectivity index (χ1) is 7.95. The number of nitrogens with two attached hydrogens (primary N) is 1. The minimum absolute atomic E-state index is 0.132. The molecular formula is C13H18FN3. The number of hydrogen-bond donors (Lipinski definition) is 1. The Bertz CT molecular complexity index is 423. The third-order valence-corrected chi connectivity index (χ3v) is 2.68. The lowest BCUT2D eigenvalue weighted by atomic mass is 10.1. The van der Waals surface area contributed by atoms with Crippen LogP contribution in [-0.2, 0) is 0 Å². The average molecular weight is 235 g/mol. The van der Waals surface area contributed by atoms with Crippen LogP contribution in [0.1, 0.15) is 25.5 Å². The molecule has 1 rings (SSSR count).